The molecule has 0 saturated heterocycles. The highest BCUT2D eigenvalue weighted by Gasteiger charge is 2.18. The molecule has 2 aromatic carbocycles. The molecule has 0 atom stereocenters. The molecule has 174 valence electrons. The van der Waals surface area contributed by atoms with Gasteiger partial charge in [-0.3, -0.25) is 10.1 Å². The van der Waals surface area contributed by atoms with Crippen molar-refractivity contribution < 1.29 is 27.5 Å². The molecule has 10 nitrogen and oxygen atoms in total. The van der Waals surface area contributed by atoms with Gasteiger partial charge in [0.25, 0.3) is 11.1 Å². The van der Waals surface area contributed by atoms with Gasteiger partial charge in [0.1, 0.15) is 11.6 Å². The van der Waals surface area contributed by atoms with Crippen LogP contribution in [0.2, 0.25) is 0 Å². The minimum Gasteiger partial charge on any atom is -0.493 e. The molecule has 1 amide bonds. The number of hydrogen-bond acceptors (Lipinski definition) is 10. The standard InChI is InChI=1S/C22H18N4O6S2/c1-13-5-4-6-15(9-13)20(28)32-17-8-7-14(11-18(17)31-2)10-16(12-23)19(27)24-21-25-22(26-33-21)34(3,29)30/h4-11H,1-3H3,(H,24,25,26,27)/b16-10-. The van der Waals surface area contributed by atoms with Crippen molar-refractivity contribution in [2.75, 3.05) is 18.7 Å². The van der Waals surface area contributed by atoms with Crippen LogP contribution in [-0.4, -0.2) is 43.0 Å². The third-order valence-electron chi connectivity index (χ3n) is 4.28. The Hall–Kier alpha value is -4.08. The highest BCUT2D eigenvalue weighted by molar-refractivity contribution is 7.90. The molecule has 0 aliphatic carbocycles. The molecule has 0 spiro atoms. The molecule has 0 fully saturated rings. The molecule has 0 aliphatic rings. The minimum atomic E-state index is -3.63. The maximum atomic E-state index is 12.4. The van der Waals surface area contributed by atoms with Crippen LogP contribution in [0, 0.1) is 18.3 Å². The van der Waals surface area contributed by atoms with Crippen molar-refractivity contribution in [3.63, 3.8) is 0 Å². The molecule has 0 saturated carbocycles. The summed E-state index contributed by atoms with van der Waals surface area (Å²) in [4.78, 5) is 28.6. The van der Waals surface area contributed by atoms with E-state index < -0.39 is 26.9 Å². The molecule has 3 rings (SSSR count). The number of nitrogens with one attached hydrogen (secondary N) is 1. The summed E-state index contributed by atoms with van der Waals surface area (Å²) in [7, 11) is -2.24. The molecule has 0 aliphatic heterocycles. The summed E-state index contributed by atoms with van der Waals surface area (Å²) >= 11 is 0.674. The molecular weight excluding hydrogens is 480 g/mol. The van der Waals surface area contributed by atoms with Crippen LogP contribution in [0.1, 0.15) is 21.5 Å². The second-order valence-electron chi connectivity index (χ2n) is 6.95. The molecule has 1 N–H and O–H groups in total. The van der Waals surface area contributed by atoms with E-state index in [1.807, 2.05) is 13.0 Å². The smallest absolute Gasteiger partial charge is 0.343 e. The lowest BCUT2D eigenvalue weighted by Gasteiger charge is -2.10. The molecule has 0 radical (unpaired) electrons. The Bertz CT molecular complexity index is 1440. The summed E-state index contributed by atoms with van der Waals surface area (Å²) in [5.41, 5.74) is 1.44. The van der Waals surface area contributed by atoms with E-state index in [0.717, 1.165) is 11.8 Å². The lowest BCUT2D eigenvalue weighted by Crippen LogP contribution is -2.13. The van der Waals surface area contributed by atoms with Crippen molar-refractivity contribution in [2.24, 2.45) is 0 Å². The summed E-state index contributed by atoms with van der Waals surface area (Å²) in [6.45, 7) is 1.86. The number of aromatic nitrogens is 2. The van der Waals surface area contributed by atoms with E-state index in [0.29, 0.717) is 22.7 Å². The van der Waals surface area contributed by atoms with E-state index >= 15 is 0 Å². The maximum Gasteiger partial charge on any atom is 0.343 e. The topological polar surface area (TPSA) is 148 Å². The second-order valence-corrected chi connectivity index (χ2v) is 9.61. The monoisotopic (exact) mass is 498 g/mol. The van der Waals surface area contributed by atoms with Crippen LogP contribution in [0.4, 0.5) is 5.13 Å². The zero-order chi connectivity index (χ0) is 24.9. The number of aryl methyl sites for hydroxylation is 1. The Morgan fingerprint density at radius 2 is 1.94 bits per heavy atom. The van der Waals surface area contributed by atoms with Crippen molar-refractivity contribution in [1.29, 1.82) is 5.26 Å². The van der Waals surface area contributed by atoms with Gasteiger partial charge < -0.3 is 9.47 Å². The van der Waals surface area contributed by atoms with E-state index in [4.69, 9.17) is 9.47 Å². The average Bonchev–Trinajstić information content (AvgIpc) is 3.27. The number of rotatable bonds is 7. The fourth-order valence-corrected chi connectivity index (χ4v) is 4.12. The Morgan fingerprint density at radius 1 is 1.18 bits per heavy atom. The van der Waals surface area contributed by atoms with E-state index in [9.17, 15) is 23.3 Å². The first-order valence-electron chi connectivity index (χ1n) is 9.54. The first kappa shape index (κ1) is 24.6. The van der Waals surface area contributed by atoms with Crippen LogP contribution in [0.15, 0.2) is 53.2 Å². The van der Waals surface area contributed by atoms with Crippen LogP contribution >= 0.6 is 11.5 Å². The van der Waals surface area contributed by atoms with Gasteiger partial charge in [-0.05, 0) is 42.8 Å². The largest absolute Gasteiger partial charge is 0.493 e. The summed E-state index contributed by atoms with van der Waals surface area (Å²) in [6, 6.07) is 13.2. The number of carbonyl (C=O) groups is 2. The molecule has 34 heavy (non-hydrogen) atoms. The number of nitriles is 1. The van der Waals surface area contributed by atoms with E-state index in [1.165, 1.54) is 25.3 Å². The number of hydrogen-bond donors (Lipinski definition) is 1. The van der Waals surface area contributed by atoms with Crippen molar-refractivity contribution >= 4 is 44.5 Å². The number of carbonyl (C=O) groups excluding carboxylic acids is 2. The van der Waals surface area contributed by atoms with Crippen LogP contribution in [0.3, 0.4) is 0 Å². The fraction of sp³-hybridized carbons (Fsp3) is 0.136. The first-order chi connectivity index (χ1) is 16.1. The fourth-order valence-electron chi connectivity index (χ4n) is 2.68. The van der Waals surface area contributed by atoms with E-state index in [-0.39, 0.29) is 22.2 Å². The third kappa shape index (κ3) is 6.03. The van der Waals surface area contributed by atoms with Crippen molar-refractivity contribution in [3.8, 4) is 17.6 Å². The zero-order valence-corrected chi connectivity index (χ0v) is 19.9. The van der Waals surface area contributed by atoms with E-state index in [1.54, 1.807) is 30.3 Å². The molecule has 12 heteroatoms. The number of esters is 1. The Balaban J connectivity index is 1.79. The number of amides is 1. The van der Waals surface area contributed by atoms with Gasteiger partial charge in [-0.1, -0.05) is 23.8 Å². The molecule has 1 aromatic heterocycles. The number of methoxy groups -OCH3 is 1. The van der Waals surface area contributed by atoms with Crippen molar-refractivity contribution in [2.45, 2.75) is 12.1 Å². The highest BCUT2D eigenvalue weighted by Crippen LogP contribution is 2.30. The second kappa shape index (κ2) is 10.2. The Labute approximate surface area is 199 Å². The van der Waals surface area contributed by atoms with Gasteiger partial charge in [0.05, 0.1) is 12.7 Å². The SMILES string of the molecule is COc1cc(/C=C(/C#N)C(=O)Nc2nc(S(C)(=O)=O)ns2)ccc1OC(=O)c1cccc(C)c1. The summed E-state index contributed by atoms with van der Waals surface area (Å²) in [5, 5.41) is 11.3. The van der Waals surface area contributed by atoms with Gasteiger partial charge in [-0.15, -0.1) is 0 Å². The number of anilines is 1. The number of benzene rings is 2. The molecule has 0 bridgehead atoms. The van der Waals surface area contributed by atoms with E-state index in [2.05, 4.69) is 14.7 Å². The first-order valence-corrected chi connectivity index (χ1v) is 12.2. The van der Waals surface area contributed by atoms with Gasteiger partial charge in [0.15, 0.2) is 11.5 Å². The highest BCUT2D eigenvalue weighted by atomic mass is 32.2. The van der Waals surface area contributed by atoms with Gasteiger partial charge in [0, 0.05) is 17.8 Å². The molecule has 3 aromatic rings. The third-order valence-corrected chi connectivity index (χ3v) is 5.87. The molecule has 1 heterocycles. The summed E-state index contributed by atoms with van der Waals surface area (Å²) in [5.74, 6) is -0.980. The quantitative estimate of drug-likeness (QED) is 0.224. The molecule has 0 unspecified atom stereocenters. The number of sulfone groups is 1. The lowest BCUT2D eigenvalue weighted by molar-refractivity contribution is -0.112. The van der Waals surface area contributed by atoms with Crippen LogP contribution in [-0.2, 0) is 14.6 Å². The van der Waals surface area contributed by atoms with Crippen LogP contribution < -0.4 is 14.8 Å². The average molecular weight is 499 g/mol. The Kier molecular flexibility index (Phi) is 7.40. The van der Waals surface area contributed by atoms with Gasteiger partial charge in [-0.25, -0.2) is 13.2 Å². The number of ether oxygens (including phenoxy) is 2. The van der Waals surface area contributed by atoms with Gasteiger partial charge >= 0.3 is 5.97 Å². The van der Waals surface area contributed by atoms with Gasteiger partial charge in [-0.2, -0.15) is 14.6 Å². The summed E-state index contributed by atoms with van der Waals surface area (Å²) in [6.07, 6.45) is 2.24. The van der Waals surface area contributed by atoms with Crippen molar-refractivity contribution in [3.05, 3.63) is 64.7 Å². The zero-order valence-electron chi connectivity index (χ0n) is 18.2. The number of nitrogens with zero attached hydrogens (tertiary/aromatic N) is 3. The Morgan fingerprint density at radius 3 is 2.56 bits per heavy atom. The minimum absolute atomic E-state index is 0.0671. The van der Waals surface area contributed by atoms with Crippen molar-refractivity contribution in [1.82, 2.24) is 9.36 Å². The van der Waals surface area contributed by atoms with Crippen LogP contribution in [0.25, 0.3) is 6.08 Å². The lowest BCUT2D eigenvalue weighted by atomic mass is 10.1. The predicted octanol–water partition coefficient (Wildman–Crippen LogP) is 3.02. The van der Waals surface area contributed by atoms with Crippen LogP contribution in [0.5, 0.6) is 11.5 Å². The van der Waals surface area contributed by atoms with Gasteiger partial charge in [0.2, 0.25) is 15.0 Å². The maximum absolute atomic E-state index is 12.4. The normalized spacial score (nSPS) is 11.4. The predicted molar refractivity (Wildman–Crippen MR) is 124 cm³/mol. The molecular formula is C22H18N4O6S2. The summed E-state index contributed by atoms with van der Waals surface area (Å²) < 4.78 is 37.3.